The van der Waals surface area contributed by atoms with Crippen molar-refractivity contribution in [2.24, 2.45) is 5.92 Å². The second kappa shape index (κ2) is 5.05. The Morgan fingerprint density at radius 1 is 1.44 bits per heavy atom. The molecule has 1 heterocycles. The summed E-state index contributed by atoms with van der Waals surface area (Å²) in [5, 5.41) is 0. The summed E-state index contributed by atoms with van der Waals surface area (Å²) < 4.78 is 0. The first-order valence-electron chi connectivity index (χ1n) is 5.93. The van der Waals surface area contributed by atoms with E-state index in [-0.39, 0.29) is 5.92 Å². The molecule has 0 bridgehead atoms. The van der Waals surface area contributed by atoms with E-state index in [0.29, 0.717) is 11.7 Å². The highest BCUT2D eigenvalue weighted by atomic mass is 32.2. The first kappa shape index (κ1) is 11.7. The summed E-state index contributed by atoms with van der Waals surface area (Å²) in [6.07, 6.45) is 1.75. The smallest absolute Gasteiger partial charge is 0.135 e. The summed E-state index contributed by atoms with van der Waals surface area (Å²) in [5.41, 5.74) is 1.45. The average molecular weight is 234 g/mol. The highest BCUT2D eigenvalue weighted by Gasteiger charge is 2.23. The third-order valence-corrected chi connectivity index (χ3v) is 4.43. The highest BCUT2D eigenvalue weighted by molar-refractivity contribution is 7.99. The van der Waals surface area contributed by atoms with E-state index in [0.717, 1.165) is 18.6 Å². The van der Waals surface area contributed by atoms with E-state index in [1.807, 2.05) is 25.6 Å². The monoisotopic (exact) mass is 234 g/mol. The molecule has 0 aliphatic carbocycles. The fourth-order valence-corrected chi connectivity index (χ4v) is 3.38. The summed E-state index contributed by atoms with van der Waals surface area (Å²) >= 11 is 1.92. The molecule has 2 heteroatoms. The first-order chi connectivity index (χ1) is 7.68. The summed E-state index contributed by atoms with van der Waals surface area (Å²) in [6.45, 7) is 3.97. The molecule has 0 radical (unpaired) electrons. The molecule has 0 N–H and O–H groups in total. The molecule has 86 valence electrons. The Bertz CT molecular complexity index is 384. The minimum Gasteiger partial charge on any atom is -0.299 e. The van der Waals surface area contributed by atoms with Gasteiger partial charge in [0.15, 0.2) is 0 Å². The van der Waals surface area contributed by atoms with Gasteiger partial charge in [0.05, 0.1) is 0 Å². The molecule has 16 heavy (non-hydrogen) atoms. The van der Waals surface area contributed by atoms with E-state index < -0.39 is 0 Å². The lowest BCUT2D eigenvalue weighted by Crippen LogP contribution is -2.09. The van der Waals surface area contributed by atoms with E-state index in [1.54, 1.807) is 0 Å². The minimum absolute atomic E-state index is 0.185. The van der Waals surface area contributed by atoms with Crippen molar-refractivity contribution in [2.45, 2.75) is 37.5 Å². The Kier molecular flexibility index (Phi) is 3.70. The molecule has 1 nitrogen and oxygen atoms in total. The van der Waals surface area contributed by atoms with Crippen molar-refractivity contribution in [3.63, 3.8) is 0 Å². The summed E-state index contributed by atoms with van der Waals surface area (Å²) in [7, 11) is 0. The largest absolute Gasteiger partial charge is 0.299 e. The molecule has 0 saturated carbocycles. The van der Waals surface area contributed by atoms with E-state index in [9.17, 15) is 4.79 Å². The zero-order valence-electron chi connectivity index (χ0n) is 9.90. The van der Waals surface area contributed by atoms with Gasteiger partial charge in [0, 0.05) is 23.0 Å². The van der Waals surface area contributed by atoms with Crippen LogP contribution in [0.5, 0.6) is 0 Å². The molecule has 0 amide bonds. The van der Waals surface area contributed by atoms with Gasteiger partial charge in [-0.2, -0.15) is 0 Å². The quantitative estimate of drug-likeness (QED) is 0.786. The maximum Gasteiger partial charge on any atom is 0.135 e. The number of carbonyl (C=O) groups excluding carboxylic acids is 1. The first-order valence-corrected chi connectivity index (χ1v) is 6.91. The Labute approximate surface area is 102 Å². The second-order valence-electron chi connectivity index (χ2n) is 4.71. The van der Waals surface area contributed by atoms with Crippen molar-refractivity contribution in [1.29, 1.82) is 0 Å². The number of hydrogen-bond donors (Lipinski definition) is 0. The van der Waals surface area contributed by atoms with Gasteiger partial charge in [0.1, 0.15) is 5.78 Å². The standard InChI is InChI=1S/C14H18OS/c1-10(2)13(15)8-7-11-9-16-14-6-4-3-5-12(11)14/h3-6,10-11H,7-9H2,1-2H3. The molecule has 1 aromatic rings. The number of carbonyl (C=O) groups is 1. The van der Waals surface area contributed by atoms with Crippen LogP contribution in [-0.4, -0.2) is 11.5 Å². The van der Waals surface area contributed by atoms with E-state index in [1.165, 1.54) is 10.5 Å². The van der Waals surface area contributed by atoms with Crippen LogP contribution in [0, 0.1) is 5.92 Å². The Hall–Kier alpha value is -0.760. The van der Waals surface area contributed by atoms with Crippen LogP contribution in [-0.2, 0) is 4.79 Å². The van der Waals surface area contributed by atoms with Gasteiger partial charge in [-0.15, -0.1) is 11.8 Å². The van der Waals surface area contributed by atoms with E-state index in [4.69, 9.17) is 0 Å². The van der Waals surface area contributed by atoms with Gasteiger partial charge in [-0.3, -0.25) is 4.79 Å². The third-order valence-electron chi connectivity index (χ3n) is 3.18. The predicted octanol–water partition coefficient (Wildman–Crippen LogP) is 3.88. The molecule has 1 aliphatic rings. The number of rotatable bonds is 4. The van der Waals surface area contributed by atoms with Gasteiger partial charge in [0.25, 0.3) is 0 Å². The average Bonchev–Trinajstić information content (AvgIpc) is 2.69. The van der Waals surface area contributed by atoms with Gasteiger partial charge in [0.2, 0.25) is 0 Å². The van der Waals surface area contributed by atoms with Gasteiger partial charge in [-0.25, -0.2) is 0 Å². The van der Waals surface area contributed by atoms with Crippen LogP contribution in [0.1, 0.15) is 38.2 Å². The van der Waals surface area contributed by atoms with Crippen LogP contribution in [0.4, 0.5) is 0 Å². The SMILES string of the molecule is CC(C)C(=O)CCC1CSc2ccccc21. The Morgan fingerprint density at radius 3 is 2.94 bits per heavy atom. The Morgan fingerprint density at radius 2 is 2.19 bits per heavy atom. The molecule has 1 aliphatic heterocycles. The molecule has 0 spiro atoms. The van der Waals surface area contributed by atoms with Crippen LogP contribution in [0.3, 0.4) is 0 Å². The normalized spacial score (nSPS) is 18.8. The molecule has 0 fully saturated rings. The lowest BCUT2D eigenvalue weighted by Gasteiger charge is -2.10. The molecule has 0 aromatic heterocycles. The second-order valence-corrected chi connectivity index (χ2v) is 5.77. The minimum atomic E-state index is 0.185. The highest BCUT2D eigenvalue weighted by Crippen LogP contribution is 2.41. The molecular formula is C14H18OS. The molecule has 2 rings (SSSR count). The number of Topliss-reactive ketones (excluding diaryl/α,β-unsaturated/α-hetero) is 1. The van der Waals surface area contributed by atoms with E-state index in [2.05, 4.69) is 24.3 Å². The van der Waals surface area contributed by atoms with Crippen LogP contribution in [0.25, 0.3) is 0 Å². The van der Waals surface area contributed by atoms with Gasteiger partial charge < -0.3 is 0 Å². The third kappa shape index (κ3) is 2.49. The lowest BCUT2D eigenvalue weighted by molar-refractivity contribution is -0.122. The summed E-state index contributed by atoms with van der Waals surface area (Å²) in [5.74, 6) is 2.31. The zero-order chi connectivity index (χ0) is 11.5. The molecule has 1 aromatic carbocycles. The maximum atomic E-state index is 11.6. The van der Waals surface area contributed by atoms with Crippen molar-refractivity contribution in [2.75, 3.05) is 5.75 Å². The van der Waals surface area contributed by atoms with Gasteiger partial charge in [-0.05, 0) is 24.0 Å². The van der Waals surface area contributed by atoms with Crippen molar-refractivity contribution in [3.8, 4) is 0 Å². The maximum absolute atomic E-state index is 11.6. The fraction of sp³-hybridized carbons (Fsp3) is 0.500. The summed E-state index contributed by atoms with van der Waals surface area (Å²) in [4.78, 5) is 13.0. The van der Waals surface area contributed by atoms with Crippen molar-refractivity contribution in [3.05, 3.63) is 29.8 Å². The van der Waals surface area contributed by atoms with Gasteiger partial charge in [-0.1, -0.05) is 32.0 Å². The number of benzene rings is 1. The summed E-state index contributed by atoms with van der Waals surface area (Å²) in [6, 6.07) is 8.58. The molecule has 1 atom stereocenters. The van der Waals surface area contributed by atoms with Crippen molar-refractivity contribution < 1.29 is 4.79 Å². The number of ketones is 1. The molecular weight excluding hydrogens is 216 g/mol. The van der Waals surface area contributed by atoms with Crippen molar-refractivity contribution in [1.82, 2.24) is 0 Å². The molecule has 1 unspecified atom stereocenters. The number of hydrogen-bond acceptors (Lipinski definition) is 2. The van der Waals surface area contributed by atoms with Crippen molar-refractivity contribution >= 4 is 17.5 Å². The molecule has 0 saturated heterocycles. The number of fused-ring (bicyclic) bond motifs is 1. The topological polar surface area (TPSA) is 17.1 Å². The Balaban J connectivity index is 1.96. The van der Waals surface area contributed by atoms with Crippen LogP contribution < -0.4 is 0 Å². The lowest BCUT2D eigenvalue weighted by atomic mass is 9.93. The zero-order valence-corrected chi connectivity index (χ0v) is 10.7. The predicted molar refractivity (Wildman–Crippen MR) is 69.0 cm³/mol. The number of thioether (sulfide) groups is 1. The van der Waals surface area contributed by atoms with Crippen LogP contribution in [0.2, 0.25) is 0 Å². The van der Waals surface area contributed by atoms with Crippen LogP contribution >= 0.6 is 11.8 Å². The van der Waals surface area contributed by atoms with Gasteiger partial charge >= 0.3 is 0 Å². The fourth-order valence-electron chi connectivity index (χ4n) is 2.07. The van der Waals surface area contributed by atoms with Crippen LogP contribution in [0.15, 0.2) is 29.2 Å². The van der Waals surface area contributed by atoms with E-state index >= 15 is 0 Å².